The fraction of sp³-hybridized carbons (Fsp3) is 0.308. The Kier molecular flexibility index (Phi) is 4.58. The van der Waals surface area contributed by atoms with Crippen LogP contribution in [0.2, 0.25) is 4.34 Å². The van der Waals surface area contributed by atoms with Crippen LogP contribution in [0.1, 0.15) is 23.4 Å². The van der Waals surface area contributed by atoms with Crippen molar-refractivity contribution in [2.75, 3.05) is 13.7 Å². The summed E-state index contributed by atoms with van der Waals surface area (Å²) in [6, 6.07) is 6.02. The Morgan fingerprint density at radius 2 is 2.28 bits per heavy atom. The number of methoxy groups -OCH3 is 1. The lowest BCUT2D eigenvalue weighted by Gasteiger charge is -2.19. The van der Waals surface area contributed by atoms with Crippen molar-refractivity contribution >= 4 is 22.9 Å². The van der Waals surface area contributed by atoms with Gasteiger partial charge < -0.3 is 10.1 Å². The van der Waals surface area contributed by atoms with E-state index in [1.54, 1.807) is 30.8 Å². The fourth-order valence-electron chi connectivity index (χ4n) is 1.85. The standard InChI is InChI=1S/C13H15ClN2OS/c1-3-16-13(11-4-5-12(14)18-11)9-6-7-15-8-10(9)17-2/h4-8,13,16H,3H2,1-2H3. The zero-order valence-corrected chi connectivity index (χ0v) is 11.9. The number of ether oxygens (including phenoxy) is 1. The number of hydrogen-bond donors (Lipinski definition) is 1. The summed E-state index contributed by atoms with van der Waals surface area (Å²) in [5.41, 5.74) is 1.08. The Bertz CT molecular complexity index is 515. The summed E-state index contributed by atoms with van der Waals surface area (Å²) in [7, 11) is 1.66. The van der Waals surface area contributed by atoms with Gasteiger partial charge in [-0.25, -0.2) is 0 Å². The van der Waals surface area contributed by atoms with E-state index >= 15 is 0 Å². The number of nitrogens with one attached hydrogen (secondary N) is 1. The smallest absolute Gasteiger partial charge is 0.142 e. The number of nitrogens with zero attached hydrogens (tertiary/aromatic N) is 1. The van der Waals surface area contributed by atoms with Crippen molar-refractivity contribution in [1.82, 2.24) is 10.3 Å². The predicted octanol–water partition coefficient (Wildman–Crippen LogP) is 3.50. The summed E-state index contributed by atoms with van der Waals surface area (Å²) in [6.07, 6.45) is 3.51. The molecule has 0 spiro atoms. The summed E-state index contributed by atoms with van der Waals surface area (Å²) >= 11 is 7.59. The van der Waals surface area contributed by atoms with Gasteiger partial charge in [0.25, 0.3) is 0 Å². The monoisotopic (exact) mass is 282 g/mol. The molecule has 0 radical (unpaired) electrons. The number of thiophene rings is 1. The number of rotatable bonds is 5. The first kappa shape index (κ1) is 13.3. The molecule has 1 unspecified atom stereocenters. The minimum atomic E-state index is 0.0884. The van der Waals surface area contributed by atoms with Gasteiger partial charge in [-0.05, 0) is 24.7 Å². The molecule has 0 fully saturated rings. The molecule has 0 saturated heterocycles. The maximum atomic E-state index is 6.01. The highest BCUT2D eigenvalue weighted by molar-refractivity contribution is 7.16. The molecule has 0 saturated carbocycles. The first-order valence-electron chi connectivity index (χ1n) is 5.72. The van der Waals surface area contributed by atoms with Crippen LogP contribution in [0.15, 0.2) is 30.6 Å². The average Bonchev–Trinajstić information content (AvgIpc) is 2.82. The summed E-state index contributed by atoms with van der Waals surface area (Å²) in [5, 5.41) is 3.45. The molecule has 2 aromatic rings. The highest BCUT2D eigenvalue weighted by Crippen LogP contribution is 2.34. The van der Waals surface area contributed by atoms with Gasteiger partial charge in [0.1, 0.15) is 5.75 Å². The molecule has 2 rings (SSSR count). The quantitative estimate of drug-likeness (QED) is 0.911. The molecule has 0 amide bonds. The van der Waals surface area contributed by atoms with Crippen molar-refractivity contribution in [2.45, 2.75) is 13.0 Å². The minimum Gasteiger partial charge on any atom is -0.495 e. The maximum Gasteiger partial charge on any atom is 0.142 e. The van der Waals surface area contributed by atoms with Gasteiger partial charge in [-0.2, -0.15) is 0 Å². The van der Waals surface area contributed by atoms with E-state index < -0.39 is 0 Å². The molecule has 2 aromatic heterocycles. The van der Waals surface area contributed by atoms with Crippen molar-refractivity contribution in [1.29, 1.82) is 0 Å². The predicted molar refractivity (Wildman–Crippen MR) is 75.6 cm³/mol. The van der Waals surface area contributed by atoms with Gasteiger partial charge in [0.05, 0.1) is 23.7 Å². The molecule has 0 aromatic carbocycles. The molecule has 0 bridgehead atoms. The van der Waals surface area contributed by atoms with Crippen LogP contribution in [0, 0.1) is 0 Å². The van der Waals surface area contributed by atoms with E-state index in [1.807, 2.05) is 18.2 Å². The van der Waals surface area contributed by atoms with Crippen LogP contribution in [0.3, 0.4) is 0 Å². The Morgan fingerprint density at radius 1 is 1.44 bits per heavy atom. The number of halogens is 1. The molecule has 0 aliphatic rings. The largest absolute Gasteiger partial charge is 0.495 e. The lowest BCUT2D eigenvalue weighted by Crippen LogP contribution is -2.21. The van der Waals surface area contributed by atoms with Crippen LogP contribution < -0.4 is 10.1 Å². The molecule has 3 nitrogen and oxygen atoms in total. The van der Waals surface area contributed by atoms with Crippen molar-refractivity contribution in [3.05, 3.63) is 45.4 Å². The van der Waals surface area contributed by atoms with Gasteiger partial charge in [0, 0.05) is 16.6 Å². The Balaban J connectivity index is 2.41. The first-order valence-corrected chi connectivity index (χ1v) is 6.92. The van der Waals surface area contributed by atoms with Crippen LogP contribution in [-0.4, -0.2) is 18.6 Å². The van der Waals surface area contributed by atoms with Gasteiger partial charge in [0.15, 0.2) is 0 Å². The molecule has 1 atom stereocenters. The van der Waals surface area contributed by atoms with Gasteiger partial charge in [-0.3, -0.25) is 4.98 Å². The second-order valence-corrected chi connectivity index (χ2v) is 5.50. The molecule has 0 aliphatic carbocycles. The van der Waals surface area contributed by atoms with E-state index in [4.69, 9.17) is 16.3 Å². The number of hydrogen-bond acceptors (Lipinski definition) is 4. The molecule has 5 heteroatoms. The zero-order chi connectivity index (χ0) is 13.0. The normalized spacial score (nSPS) is 12.4. The third-order valence-corrected chi connectivity index (χ3v) is 3.93. The summed E-state index contributed by atoms with van der Waals surface area (Å²) < 4.78 is 6.16. The number of pyridine rings is 1. The number of aromatic nitrogens is 1. The van der Waals surface area contributed by atoms with Crippen LogP contribution in [0.25, 0.3) is 0 Å². The highest BCUT2D eigenvalue weighted by Gasteiger charge is 2.18. The average molecular weight is 283 g/mol. The summed E-state index contributed by atoms with van der Waals surface area (Å²) in [5.74, 6) is 0.785. The van der Waals surface area contributed by atoms with E-state index in [1.165, 1.54) is 4.88 Å². The van der Waals surface area contributed by atoms with Crippen LogP contribution in [-0.2, 0) is 0 Å². The highest BCUT2D eigenvalue weighted by atomic mass is 35.5. The molecular weight excluding hydrogens is 268 g/mol. The van der Waals surface area contributed by atoms with Crippen molar-refractivity contribution in [3.63, 3.8) is 0 Å². The van der Waals surface area contributed by atoms with E-state index in [9.17, 15) is 0 Å². The van der Waals surface area contributed by atoms with Crippen molar-refractivity contribution in [2.24, 2.45) is 0 Å². The van der Waals surface area contributed by atoms with Gasteiger partial charge in [0.2, 0.25) is 0 Å². The van der Waals surface area contributed by atoms with E-state index in [2.05, 4.69) is 17.2 Å². The van der Waals surface area contributed by atoms with E-state index in [0.717, 1.165) is 22.2 Å². The summed E-state index contributed by atoms with van der Waals surface area (Å²) in [4.78, 5) is 5.25. The molecule has 0 aliphatic heterocycles. The summed E-state index contributed by atoms with van der Waals surface area (Å²) in [6.45, 7) is 2.95. The SMILES string of the molecule is CCNC(c1ccc(Cl)s1)c1ccncc1OC. The third-order valence-electron chi connectivity index (χ3n) is 2.63. The van der Waals surface area contributed by atoms with Crippen LogP contribution in [0.5, 0.6) is 5.75 Å². The topological polar surface area (TPSA) is 34.2 Å². The molecule has 96 valence electrons. The van der Waals surface area contributed by atoms with E-state index in [-0.39, 0.29) is 6.04 Å². The van der Waals surface area contributed by atoms with E-state index in [0.29, 0.717) is 0 Å². The molecule has 18 heavy (non-hydrogen) atoms. The maximum absolute atomic E-state index is 6.01. The zero-order valence-electron chi connectivity index (χ0n) is 10.3. The van der Waals surface area contributed by atoms with Crippen LogP contribution >= 0.6 is 22.9 Å². The third kappa shape index (κ3) is 2.83. The molecule has 2 heterocycles. The first-order chi connectivity index (χ1) is 8.76. The van der Waals surface area contributed by atoms with Crippen LogP contribution in [0.4, 0.5) is 0 Å². The second kappa shape index (κ2) is 6.18. The molecular formula is C13H15ClN2OS. The Morgan fingerprint density at radius 3 is 2.89 bits per heavy atom. The second-order valence-electron chi connectivity index (χ2n) is 3.75. The fourth-order valence-corrected chi connectivity index (χ4v) is 3.01. The van der Waals surface area contributed by atoms with Crippen molar-refractivity contribution < 1.29 is 4.74 Å². The van der Waals surface area contributed by atoms with Crippen molar-refractivity contribution in [3.8, 4) is 5.75 Å². The molecule has 1 N–H and O–H groups in total. The van der Waals surface area contributed by atoms with Gasteiger partial charge in [-0.15, -0.1) is 11.3 Å². The Hall–Kier alpha value is -1.10. The lowest BCUT2D eigenvalue weighted by atomic mass is 10.1. The minimum absolute atomic E-state index is 0.0884. The van der Waals surface area contributed by atoms with Gasteiger partial charge in [-0.1, -0.05) is 18.5 Å². The Labute approximate surface area is 116 Å². The lowest BCUT2D eigenvalue weighted by molar-refractivity contribution is 0.402. The van der Waals surface area contributed by atoms with Gasteiger partial charge >= 0.3 is 0 Å².